The zero-order valence-electron chi connectivity index (χ0n) is 6.77. The Kier molecular flexibility index (Phi) is 4.39. The normalized spacial score (nSPS) is 7.90. The second-order valence-electron chi connectivity index (χ2n) is 2.21. The van der Waals surface area contributed by atoms with E-state index in [1.807, 2.05) is 0 Å². The van der Waals surface area contributed by atoms with Gasteiger partial charge in [0.25, 0.3) is 0 Å². The van der Waals surface area contributed by atoms with Gasteiger partial charge in [0, 0.05) is 26.9 Å². The topological polar surface area (TPSA) is 20.3 Å². The summed E-state index contributed by atoms with van der Waals surface area (Å²) in [5, 5.41) is 0. The highest BCUT2D eigenvalue weighted by molar-refractivity contribution is 5.75. The molecule has 0 aliphatic heterocycles. The van der Waals surface area contributed by atoms with Crippen LogP contribution in [0.5, 0.6) is 0 Å². The van der Waals surface area contributed by atoms with Crippen molar-refractivity contribution in [3.8, 4) is 11.8 Å². The third-order valence-corrected chi connectivity index (χ3v) is 1.14. The van der Waals surface area contributed by atoms with E-state index in [9.17, 15) is 4.79 Å². The van der Waals surface area contributed by atoms with E-state index in [0.29, 0.717) is 12.8 Å². The van der Waals surface area contributed by atoms with Crippen molar-refractivity contribution in [3.63, 3.8) is 0 Å². The highest BCUT2D eigenvalue weighted by Crippen LogP contribution is 1.90. The van der Waals surface area contributed by atoms with Gasteiger partial charge in [0.15, 0.2) is 0 Å². The number of nitrogens with zero attached hydrogens (tertiary/aromatic N) is 1. The summed E-state index contributed by atoms with van der Waals surface area (Å²) in [4.78, 5) is 12.5. The molecule has 0 atom stereocenters. The quantitative estimate of drug-likeness (QED) is 0.520. The van der Waals surface area contributed by atoms with Crippen LogP contribution >= 0.6 is 0 Å². The standard InChI is InChI=1S/C8H13NO/c1-4-5-6-7-8(10)9(2)3/h6-7H2,1-3H3. The average Bonchev–Trinajstić information content (AvgIpc) is 1.88. The molecule has 1 amide bonds. The maximum absolute atomic E-state index is 10.9. The van der Waals surface area contributed by atoms with Crippen molar-refractivity contribution in [1.82, 2.24) is 4.90 Å². The van der Waals surface area contributed by atoms with Gasteiger partial charge >= 0.3 is 0 Å². The number of rotatable bonds is 2. The largest absolute Gasteiger partial charge is 0.349 e. The van der Waals surface area contributed by atoms with Gasteiger partial charge in [0.05, 0.1) is 0 Å². The molecule has 0 bridgehead atoms. The molecule has 0 rings (SSSR count). The lowest BCUT2D eigenvalue weighted by Crippen LogP contribution is -2.20. The molecule has 0 N–H and O–H groups in total. The fraction of sp³-hybridized carbons (Fsp3) is 0.625. The van der Waals surface area contributed by atoms with E-state index < -0.39 is 0 Å². The van der Waals surface area contributed by atoms with E-state index in [0.717, 1.165) is 0 Å². The van der Waals surface area contributed by atoms with Crippen LogP contribution in [-0.4, -0.2) is 24.9 Å². The van der Waals surface area contributed by atoms with Crippen LogP contribution in [0.3, 0.4) is 0 Å². The summed E-state index contributed by atoms with van der Waals surface area (Å²) in [6, 6.07) is 0. The number of hydrogen-bond acceptors (Lipinski definition) is 1. The van der Waals surface area contributed by atoms with Crippen LogP contribution in [0, 0.1) is 11.8 Å². The third kappa shape index (κ3) is 3.96. The lowest BCUT2D eigenvalue weighted by molar-refractivity contribution is -0.128. The summed E-state index contributed by atoms with van der Waals surface area (Å²) in [5.74, 6) is 5.72. The summed E-state index contributed by atoms with van der Waals surface area (Å²) >= 11 is 0. The number of amides is 1. The fourth-order valence-corrected chi connectivity index (χ4v) is 0.518. The minimum absolute atomic E-state index is 0.141. The van der Waals surface area contributed by atoms with E-state index in [2.05, 4.69) is 11.8 Å². The molecule has 0 aromatic heterocycles. The monoisotopic (exact) mass is 139 g/mol. The number of hydrogen-bond donors (Lipinski definition) is 0. The maximum Gasteiger partial charge on any atom is 0.223 e. The minimum atomic E-state index is 0.141. The van der Waals surface area contributed by atoms with Gasteiger partial charge in [-0.15, -0.1) is 11.8 Å². The Labute approximate surface area is 62.2 Å². The Bertz CT molecular complexity index is 162. The first-order chi connectivity index (χ1) is 4.68. The van der Waals surface area contributed by atoms with Crippen LogP contribution < -0.4 is 0 Å². The second-order valence-corrected chi connectivity index (χ2v) is 2.21. The third-order valence-electron chi connectivity index (χ3n) is 1.14. The molecule has 10 heavy (non-hydrogen) atoms. The molecule has 0 spiro atoms. The number of carbonyl (C=O) groups excluding carboxylic acids is 1. The molecule has 0 aromatic rings. The lowest BCUT2D eigenvalue weighted by Gasteiger charge is -2.07. The lowest BCUT2D eigenvalue weighted by atomic mass is 10.3. The molecule has 0 heterocycles. The zero-order valence-corrected chi connectivity index (χ0v) is 6.77. The second kappa shape index (κ2) is 4.87. The molecule has 0 saturated heterocycles. The van der Waals surface area contributed by atoms with Gasteiger partial charge < -0.3 is 4.90 Å². The highest BCUT2D eigenvalue weighted by atomic mass is 16.2. The van der Waals surface area contributed by atoms with E-state index in [4.69, 9.17) is 0 Å². The van der Waals surface area contributed by atoms with Gasteiger partial charge in [-0.3, -0.25) is 4.79 Å². The van der Waals surface area contributed by atoms with Crippen molar-refractivity contribution in [2.45, 2.75) is 19.8 Å². The summed E-state index contributed by atoms with van der Waals surface area (Å²) in [6.07, 6.45) is 1.21. The number of carbonyl (C=O) groups is 1. The molecule has 2 nitrogen and oxygen atoms in total. The van der Waals surface area contributed by atoms with Crippen LogP contribution in [0.1, 0.15) is 19.8 Å². The molecule has 0 saturated carbocycles. The minimum Gasteiger partial charge on any atom is -0.349 e. The summed E-state index contributed by atoms with van der Waals surface area (Å²) in [7, 11) is 3.50. The average molecular weight is 139 g/mol. The Morgan fingerprint density at radius 2 is 2.10 bits per heavy atom. The van der Waals surface area contributed by atoms with Gasteiger partial charge in [0.1, 0.15) is 0 Å². The SMILES string of the molecule is CC#CCCC(=O)N(C)C. The van der Waals surface area contributed by atoms with Gasteiger partial charge in [-0.2, -0.15) is 0 Å². The molecule has 0 aliphatic rings. The van der Waals surface area contributed by atoms with Crippen molar-refractivity contribution in [1.29, 1.82) is 0 Å². The van der Waals surface area contributed by atoms with E-state index in [1.54, 1.807) is 25.9 Å². The zero-order chi connectivity index (χ0) is 7.98. The first-order valence-corrected chi connectivity index (χ1v) is 3.28. The van der Waals surface area contributed by atoms with Crippen molar-refractivity contribution in [3.05, 3.63) is 0 Å². The summed E-state index contributed by atoms with van der Waals surface area (Å²) in [6.45, 7) is 1.78. The first-order valence-electron chi connectivity index (χ1n) is 3.28. The smallest absolute Gasteiger partial charge is 0.223 e. The van der Waals surface area contributed by atoms with Crippen LogP contribution in [0.2, 0.25) is 0 Å². The Hall–Kier alpha value is -0.970. The van der Waals surface area contributed by atoms with Crippen LogP contribution in [0.25, 0.3) is 0 Å². The van der Waals surface area contributed by atoms with Crippen LogP contribution in [0.4, 0.5) is 0 Å². The van der Waals surface area contributed by atoms with Gasteiger partial charge in [-0.25, -0.2) is 0 Å². The van der Waals surface area contributed by atoms with Crippen LogP contribution in [0.15, 0.2) is 0 Å². The van der Waals surface area contributed by atoms with E-state index >= 15 is 0 Å². The Morgan fingerprint density at radius 1 is 1.50 bits per heavy atom. The van der Waals surface area contributed by atoms with Crippen LogP contribution in [-0.2, 0) is 4.79 Å². The Morgan fingerprint density at radius 3 is 2.50 bits per heavy atom. The van der Waals surface area contributed by atoms with Gasteiger partial charge in [-0.1, -0.05) is 0 Å². The molecule has 2 heteroatoms. The molecule has 0 fully saturated rings. The maximum atomic E-state index is 10.9. The molecule has 56 valence electrons. The van der Waals surface area contributed by atoms with Crippen molar-refractivity contribution in [2.24, 2.45) is 0 Å². The van der Waals surface area contributed by atoms with Gasteiger partial charge in [0.2, 0.25) is 5.91 Å². The molecule has 0 radical (unpaired) electrons. The van der Waals surface area contributed by atoms with Crippen molar-refractivity contribution < 1.29 is 4.79 Å². The summed E-state index contributed by atoms with van der Waals surface area (Å²) in [5.41, 5.74) is 0. The van der Waals surface area contributed by atoms with E-state index in [1.165, 1.54) is 0 Å². The van der Waals surface area contributed by atoms with Crippen molar-refractivity contribution in [2.75, 3.05) is 14.1 Å². The molecule has 0 aromatic carbocycles. The fourth-order valence-electron chi connectivity index (χ4n) is 0.518. The predicted octanol–water partition coefficient (Wildman–Crippen LogP) is 0.878. The van der Waals surface area contributed by atoms with Gasteiger partial charge in [-0.05, 0) is 6.92 Å². The van der Waals surface area contributed by atoms with Crippen molar-refractivity contribution >= 4 is 5.91 Å². The van der Waals surface area contributed by atoms with E-state index in [-0.39, 0.29) is 5.91 Å². The predicted molar refractivity (Wildman–Crippen MR) is 41.4 cm³/mol. The Balaban J connectivity index is 3.47. The first kappa shape index (κ1) is 9.03. The molecular weight excluding hydrogens is 126 g/mol. The summed E-state index contributed by atoms with van der Waals surface area (Å²) < 4.78 is 0. The highest BCUT2D eigenvalue weighted by Gasteiger charge is 1.99. The molecule has 0 aliphatic carbocycles. The molecular formula is C8H13NO. The molecule has 0 unspecified atom stereocenters.